The van der Waals surface area contributed by atoms with E-state index in [-0.39, 0.29) is 37.1 Å². The summed E-state index contributed by atoms with van der Waals surface area (Å²) in [6, 6.07) is 31.1. The van der Waals surface area contributed by atoms with Crippen molar-refractivity contribution in [3.05, 3.63) is 108 Å². The van der Waals surface area contributed by atoms with Gasteiger partial charge in [-0.3, -0.25) is 14.4 Å². The van der Waals surface area contributed by atoms with E-state index < -0.39 is 23.6 Å². The average molecular weight is 704 g/mol. The zero-order chi connectivity index (χ0) is 35.9. The van der Waals surface area contributed by atoms with Crippen molar-refractivity contribution in [2.75, 3.05) is 26.2 Å². The standard InChI is InChI=1S/C44H54N4O4/c1-31-32(13-12-26-48(31,36-21-22-36)37-23-24-37)29-45-42(51)39-20-11-25-46(39)43(52)40-27-38(49)30-47(40)41(50)28-44(33-14-5-2-6-15-33,34-16-7-3-8-17-34)35-18-9-4-10-19-35/h2-10,14-19,31-32,36-40,49H,11-13,20-30H2,1H3/p+1/t31?,32-,38-,39-,40+/m1/s1. The third-order valence-corrected chi connectivity index (χ3v) is 13.5. The molecule has 3 aromatic carbocycles. The highest BCUT2D eigenvalue weighted by molar-refractivity contribution is 5.93. The van der Waals surface area contributed by atoms with Crippen molar-refractivity contribution < 1.29 is 24.0 Å². The Morgan fingerprint density at radius 1 is 0.750 bits per heavy atom. The van der Waals surface area contributed by atoms with Gasteiger partial charge < -0.3 is 24.7 Å². The number of quaternary nitrogens is 1. The van der Waals surface area contributed by atoms with Gasteiger partial charge in [0.2, 0.25) is 17.7 Å². The number of piperidine rings is 1. The molecule has 1 unspecified atom stereocenters. The number of nitrogens with one attached hydrogen (secondary N) is 1. The lowest BCUT2D eigenvalue weighted by Crippen LogP contribution is -2.64. The first-order valence-corrected chi connectivity index (χ1v) is 19.9. The van der Waals surface area contributed by atoms with Crippen molar-refractivity contribution >= 4 is 17.7 Å². The number of aliphatic hydroxyl groups excluding tert-OH is 1. The van der Waals surface area contributed by atoms with E-state index in [2.05, 4.69) is 48.6 Å². The predicted octanol–water partition coefficient (Wildman–Crippen LogP) is 5.42. The molecule has 0 spiro atoms. The summed E-state index contributed by atoms with van der Waals surface area (Å²) in [5.74, 6) is -0.0451. The van der Waals surface area contributed by atoms with E-state index in [4.69, 9.17) is 0 Å². The molecule has 3 aromatic rings. The number of aliphatic hydroxyl groups is 1. The maximum absolute atomic E-state index is 14.7. The lowest BCUT2D eigenvalue weighted by molar-refractivity contribution is -0.977. The molecule has 52 heavy (non-hydrogen) atoms. The van der Waals surface area contributed by atoms with E-state index in [1.807, 2.05) is 54.6 Å². The quantitative estimate of drug-likeness (QED) is 0.206. The molecule has 8 rings (SSSR count). The van der Waals surface area contributed by atoms with Crippen LogP contribution >= 0.6 is 0 Å². The molecule has 8 nitrogen and oxygen atoms in total. The van der Waals surface area contributed by atoms with E-state index in [0.717, 1.165) is 41.6 Å². The van der Waals surface area contributed by atoms with Gasteiger partial charge in [0.1, 0.15) is 12.1 Å². The molecule has 8 heteroatoms. The minimum atomic E-state index is -0.816. The maximum atomic E-state index is 14.7. The van der Waals surface area contributed by atoms with Gasteiger partial charge in [-0.2, -0.15) is 0 Å². The number of carbonyl (C=O) groups is 3. The van der Waals surface area contributed by atoms with E-state index in [1.165, 1.54) is 43.1 Å². The Labute approximate surface area is 308 Å². The van der Waals surface area contributed by atoms with Crippen molar-refractivity contribution in [1.82, 2.24) is 15.1 Å². The van der Waals surface area contributed by atoms with Gasteiger partial charge >= 0.3 is 0 Å². The van der Waals surface area contributed by atoms with Crippen LogP contribution in [0.1, 0.15) is 87.8 Å². The number of likely N-dealkylation sites (tertiary alicyclic amines) is 3. The van der Waals surface area contributed by atoms with Crippen LogP contribution in [0, 0.1) is 5.92 Å². The van der Waals surface area contributed by atoms with E-state index in [9.17, 15) is 19.5 Å². The fourth-order valence-corrected chi connectivity index (χ4v) is 10.6. The van der Waals surface area contributed by atoms with E-state index in [0.29, 0.717) is 31.5 Å². The largest absolute Gasteiger partial charge is 0.391 e. The zero-order valence-electron chi connectivity index (χ0n) is 30.6. The fourth-order valence-electron chi connectivity index (χ4n) is 10.6. The monoisotopic (exact) mass is 703 g/mol. The average Bonchev–Trinajstić information content (AvgIpc) is 4.12. The molecule has 0 aromatic heterocycles. The van der Waals surface area contributed by atoms with Crippen LogP contribution in [-0.4, -0.2) is 99.6 Å². The van der Waals surface area contributed by atoms with Crippen molar-refractivity contribution in [2.45, 2.75) is 113 Å². The number of rotatable bonds is 11. The van der Waals surface area contributed by atoms with Crippen molar-refractivity contribution in [2.24, 2.45) is 5.92 Å². The van der Waals surface area contributed by atoms with Crippen LogP contribution in [0.4, 0.5) is 0 Å². The molecular weight excluding hydrogens is 649 g/mol. The molecule has 2 N–H and O–H groups in total. The second kappa shape index (κ2) is 14.4. The third-order valence-electron chi connectivity index (χ3n) is 13.5. The highest BCUT2D eigenvalue weighted by Crippen LogP contribution is 2.50. The topological polar surface area (TPSA) is 89.9 Å². The zero-order valence-corrected chi connectivity index (χ0v) is 30.6. The number of amides is 3. The van der Waals surface area contributed by atoms with Crippen LogP contribution in [-0.2, 0) is 19.8 Å². The van der Waals surface area contributed by atoms with Crippen molar-refractivity contribution in [3.63, 3.8) is 0 Å². The number of hydrogen-bond acceptors (Lipinski definition) is 4. The van der Waals surface area contributed by atoms with Gasteiger partial charge in [-0.15, -0.1) is 0 Å². The Morgan fingerprint density at radius 3 is 1.85 bits per heavy atom. The highest BCUT2D eigenvalue weighted by atomic mass is 16.3. The van der Waals surface area contributed by atoms with Gasteiger partial charge in [0.05, 0.1) is 36.2 Å². The maximum Gasteiger partial charge on any atom is 0.246 e. The van der Waals surface area contributed by atoms with Crippen molar-refractivity contribution in [3.8, 4) is 0 Å². The van der Waals surface area contributed by atoms with Gasteiger partial charge in [-0.1, -0.05) is 91.0 Å². The van der Waals surface area contributed by atoms with Crippen LogP contribution in [0.3, 0.4) is 0 Å². The molecule has 0 radical (unpaired) electrons. The van der Waals surface area contributed by atoms with Gasteiger partial charge in [0.25, 0.3) is 0 Å². The minimum absolute atomic E-state index is 0.0766. The molecule has 3 saturated heterocycles. The van der Waals surface area contributed by atoms with E-state index >= 15 is 0 Å². The molecule has 2 saturated carbocycles. The van der Waals surface area contributed by atoms with Gasteiger partial charge in [-0.05, 0) is 49.3 Å². The second-order valence-corrected chi connectivity index (χ2v) is 16.4. The number of nitrogens with zero attached hydrogens (tertiary/aromatic N) is 3. The predicted molar refractivity (Wildman–Crippen MR) is 201 cm³/mol. The third kappa shape index (κ3) is 6.36. The number of β-amino-alcohol motifs (C(OH)–C–C–N with tert-alkyl or cyclic N) is 1. The van der Waals surface area contributed by atoms with Crippen LogP contribution in [0.25, 0.3) is 0 Å². The summed E-state index contributed by atoms with van der Waals surface area (Å²) >= 11 is 0. The van der Waals surface area contributed by atoms with Crippen molar-refractivity contribution in [1.29, 1.82) is 0 Å². The summed E-state index contributed by atoms with van der Waals surface area (Å²) in [4.78, 5) is 46.3. The molecule has 0 bridgehead atoms. The first-order valence-electron chi connectivity index (χ1n) is 19.9. The summed E-state index contributed by atoms with van der Waals surface area (Å²) in [7, 11) is 0. The normalized spacial score (nSPS) is 27.4. The van der Waals surface area contributed by atoms with Gasteiger partial charge in [0, 0.05) is 64.1 Å². The summed E-state index contributed by atoms with van der Waals surface area (Å²) in [5.41, 5.74) is 2.13. The van der Waals surface area contributed by atoms with Crippen LogP contribution in [0.2, 0.25) is 0 Å². The molecular formula is C44H55N4O4+. The molecule has 3 heterocycles. The molecule has 3 amide bonds. The first kappa shape index (κ1) is 35.0. The Hall–Kier alpha value is -4.01. The highest BCUT2D eigenvalue weighted by Gasteiger charge is 2.59. The number of carbonyl (C=O) groups excluding carboxylic acids is 3. The van der Waals surface area contributed by atoms with Crippen LogP contribution < -0.4 is 5.32 Å². The van der Waals surface area contributed by atoms with E-state index in [1.54, 1.807) is 9.80 Å². The Balaban J connectivity index is 1.00. The Kier molecular flexibility index (Phi) is 9.72. The lowest BCUT2D eigenvalue weighted by atomic mass is 9.67. The van der Waals surface area contributed by atoms with Gasteiger partial charge in [0.15, 0.2) is 0 Å². The van der Waals surface area contributed by atoms with Crippen LogP contribution in [0.5, 0.6) is 0 Å². The minimum Gasteiger partial charge on any atom is -0.391 e. The summed E-state index contributed by atoms with van der Waals surface area (Å²) in [6.07, 6.45) is 8.57. The first-order chi connectivity index (χ1) is 25.3. The molecule has 5 atom stereocenters. The molecule has 2 aliphatic carbocycles. The summed E-state index contributed by atoms with van der Waals surface area (Å²) in [5, 5.41) is 14.3. The van der Waals surface area contributed by atoms with Crippen LogP contribution in [0.15, 0.2) is 91.0 Å². The SMILES string of the molecule is CC1[C@@H](CNC(=O)[C@H]2CCCN2C(=O)[C@@H]2C[C@@H](O)CN2C(=O)CC(c2ccccc2)(c2ccccc2)c2ccccc2)CCC[N+]1(C1CC1)C1CC1. The number of benzene rings is 3. The molecule has 5 fully saturated rings. The Morgan fingerprint density at radius 2 is 1.31 bits per heavy atom. The number of hydrogen-bond donors (Lipinski definition) is 2. The second-order valence-electron chi connectivity index (χ2n) is 16.4. The lowest BCUT2D eigenvalue weighted by Gasteiger charge is -2.51. The fraction of sp³-hybridized carbons (Fsp3) is 0.523. The van der Waals surface area contributed by atoms with Gasteiger partial charge in [-0.25, -0.2) is 0 Å². The Bertz CT molecular complexity index is 1620. The molecule has 3 aliphatic heterocycles. The summed E-state index contributed by atoms with van der Waals surface area (Å²) in [6.45, 7) is 4.95. The summed E-state index contributed by atoms with van der Waals surface area (Å²) < 4.78 is 1.28. The molecule has 5 aliphatic rings. The molecule has 274 valence electrons. The smallest absolute Gasteiger partial charge is 0.246 e.